The van der Waals surface area contributed by atoms with Crippen LogP contribution in [0.2, 0.25) is 10.0 Å². The summed E-state index contributed by atoms with van der Waals surface area (Å²) >= 11 is 13.0. The van der Waals surface area contributed by atoms with Crippen molar-refractivity contribution in [3.63, 3.8) is 0 Å². The molecule has 0 aliphatic carbocycles. The zero-order valence-corrected chi connectivity index (χ0v) is 22.8. The molecule has 0 saturated heterocycles. The molecule has 0 radical (unpaired) electrons. The van der Waals surface area contributed by atoms with Crippen LogP contribution in [0.25, 0.3) is 0 Å². The van der Waals surface area contributed by atoms with E-state index in [0.717, 1.165) is 11.3 Å². The molecule has 0 fully saturated rings. The second-order valence-electron chi connectivity index (χ2n) is 7.74. The number of thiophene rings is 1. The first kappa shape index (κ1) is 28.3. The molecule has 196 valence electrons. The quantitative estimate of drug-likeness (QED) is 0.201. The lowest BCUT2D eigenvalue weighted by Crippen LogP contribution is -2.15. The molecule has 2 aromatic carbocycles. The van der Waals surface area contributed by atoms with Gasteiger partial charge in [-0.25, -0.2) is 4.79 Å². The van der Waals surface area contributed by atoms with Crippen molar-refractivity contribution in [2.75, 3.05) is 31.0 Å². The van der Waals surface area contributed by atoms with Gasteiger partial charge < -0.3 is 24.8 Å². The minimum atomic E-state index is -0.648. The van der Waals surface area contributed by atoms with Crippen LogP contribution in [-0.2, 0) is 9.53 Å². The van der Waals surface area contributed by atoms with Crippen molar-refractivity contribution in [2.45, 2.75) is 26.7 Å². The van der Waals surface area contributed by atoms with Crippen molar-refractivity contribution in [1.82, 2.24) is 0 Å². The molecule has 37 heavy (non-hydrogen) atoms. The second kappa shape index (κ2) is 13.3. The lowest BCUT2D eigenvalue weighted by Gasteiger charge is -2.09. The fourth-order valence-electron chi connectivity index (χ4n) is 3.35. The number of carbonyl (C=O) groups excluding carboxylic acids is 3. The van der Waals surface area contributed by atoms with Crippen LogP contribution in [0.15, 0.2) is 42.5 Å². The third-order valence-corrected chi connectivity index (χ3v) is 6.85. The largest absolute Gasteiger partial charge is 0.494 e. The Morgan fingerprint density at radius 1 is 1.00 bits per heavy atom. The summed E-state index contributed by atoms with van der Waals surface area (Å²) in [6.45, 7) is 4.30. The zero-order chi connectivity index (χ0) is 26.9. The van der Waals surface area contributed by atoms with E-state index in [1.54, 1.807) is 49.4 Å². The Kier molecular flexibility index (Phi) is 10.2. The molecule has 8 nitrogen and oxygen atoms in total. The van der Waals surface area contributed by atoms with E-state index in [4.69, 9.17) is 37.4 Å². The van der Waals surface area contributed by atoms with E-state index >= 15 is 0 Å². The number of hydrogen-bond acceptors (Lipinski definition) is 7. The second-order valence-corrected chi connectivity index (χ2v) is 9.60. The summed E-state index contributed by atoms with van der Waals surface area (Å²) < 4.78 is 15.9. The molecule has 0 saturated carbocycles. The normalized spacial score (nSPS) is 10.5. The highest BCUT2D eigenvalue weighted by Crippen LogP contribution is 2.34. The Labute approximate surface area is 228 Å². The minimum absolute atomic E-state index is 0.122. The average molecular weight is 565 g/mol. The first-order chi connectivity index (χ1) is 17.7. The minimum Gasteiger partial charge on any atom is -0.494 e. The van der Waals surface area contributed by atoms with Gasteiger partial charge in [0.2, 0.25) is 5.91 Å². The fourth-order valence-corrected chi connectivity index (χ4v) is 4.92. The number of anilines is 2. The van der Waals surface area contributed by atoms with Crippen LogP contribution < -0.4 is 20.1 Å². The van der Waals surface area contributed by atoms with Gasteiger partial charge in [0.05, 0.1) is 35.8 Å². The van der Waals surface area contributed by atoms with Crippen molar-refractivity contribution in [3.05, 3.63) is 68.5 Å². The molecule has 2 N–H and O–H groups in total. The van der Waals surface area contributed by atoms with Crippen molar-refractivity contribution in [3.8, 4) is 11.5 Å². The Balaban J connectivity index is 1.65. The maximum atomic E-state index is 13.0. The molecule has 1 heterocycles. The molecular weight excluding hydrogens is 539 g/mol. The third kappa shape index (κ3) is 7.61. The highest BCUT2D eigenvalue weighted by molar-refractivity contribution is 7.18. The number of esters is 1. The Morgan fingerprint density at radius 3 is 2.38 bits per heavy atom. The lowest BCUT2D eigenvalue weighted by atomic mass is 10.1. The van der Waals surface area contributed by atoms with Gasteiger partial charge in [-0.3, -0.25) is 9.59 Å². The van der Waals surface area contributed by atoms with Gasteiger partial charge in [-0.2, -0.15) is 0 Å². The number of carbonyl (C=O) groups is 3. The van der Waals surface area contributed by atoms with Gasteiger partial charge in [-0.15, -0.1) is 11.3 Å². The van der Waals surface area contributed by atoms with Gasteiger partial charge in [0.25, 0.3) is 5.91 Å². The topological polar surface area (TPSA) is 103 Å². The van der Waals surface area contributed by atoms with E-state index in [0.29, 0.717) is 45.8 Å². The van der Waals surface area contributed by atoms with Gasteiger partial charge >= 0.3 is 5.97 Å². The molecule has 0 aliphatic rings. The third-order valence-electron chi connectivity index (χ3n) is 5.12. The van der Waals surface area contributed by atoms with E-state index in [2.05, 4.69) is 10.6 Å². The smallest absolute Gasteiger partial charge is 0.341 e. The fraction of sp³-hybridized carbons (Fsp3) is 0.269. The Bertz CT molecular complexity index is 1280. The molecule has 0 aliphatic heterocycles. The number of methoxy groups -OCH3 is 1. The first-order valence-corrected chi connectivity index (χ1v) is 12.9. The molecule has 0 bridgehead atoms. The van der Waals surface area contributed by atoms with E-state index < -0.39 is 11.9 Å². The van der Waals surface area contributed by atoms with E-state index in [9.17, 15) is 14.4 Å². The maximum Gasteiger partial charge on any atom is 0.341 e. The van der Waals surface area contributed by atoms with Crippen LogP contribution in [0, 0.1) is 6.92 Å². The maximum absolute atomic E-state index is 13.0. The van der Waals surface area contributed by atoms with Crippen LogP contribution in [0.3, 0.4) is 0 Å². The monoisotopic (exact) mass is 564 g/mol. The molecule has 0 spiro atoms. The summed E-state index contributed by atoms with van der Waals surface area (Å²) in [6.07, 6.45) is 0.518. The average Bonchev–Trinajstić information content (AvgIpc) is 3.19. The van der Waals surface area contributed by atoms with E-state index in [1.165, 1.54) is 7.11 Å². The number of rotatable bonds is 11. The number of benzene rings is 2. The van der Waals surface area contributed by atoms with Gasteiger partial charge in [-0.05, 0) is 68.3 Å². The summed E-state index contributed by atoms with van der Waals surface area (Å²) in [7, 11) is 1.24. The van der Waals surface area contributed by atoms with Crippen molar-refractivity contribution >= 4 is 63.0 Å². The SMILES string of the molecule is CCOc1ccc(NC(=O)c2sc(NC(=O)CCCOc3ccc(Cl)cc3Cl)c(C(=O)OC)c2C)cc1. The summed E-state index contributed by atoms with van der Waals surface area (Å²) in [5.74, 6) is -0.241. The Hall–Kier alpha value is -3.27. The summed E-state index contributed by atoms with van der Waals surface area (Å²) in [6, 6.07) is 11.8. The van der Waals surface area contributed by atoms with Gasteiger partial charge in [0.15, 0.2) is 0 Å². The van der Waals surface area contributed by atoms with Crippen LogP contribution in [-0.4, -0.2) is 38.1 Å². The molecule has 3 rings (SSSR count). The number of nitrogens with one attached hydrogen (secondary N) is 2. The standard InChI is InChI=1S/C26H26Cl2N2O6S/c1-4-35-18-10-8-17(9-11-18)29-24(32)23-15(2)22(26(33)34-3)25(37-23)30-21(31)6-5-13-36-20-12-7-16(27)14-19(20)28/h7-12,14H,4-6,13H2,1-3H3,(H,29,32)(H,30,31). The van der Waals surface area contributed by atoms with Gasteiger partial charge in [0, 0.05) is 17.1 Å². The van der Waals surface area contributed by atoms with Crippen molar-refractivity contribution in [2.24, 2.45) is 0 Å². The first-order valence-electron chi connectivity index (χ1n) is 11.4. The molecule has 11 heteroatoms. The zero-order valence-electron chi connectivity index (χ0n) is 20.5. The van der Waals surface area contributed by atoms with Crippen LogP contribution in [0.5, 0.6) is 11.5 Å². The van der Waals surface area contributed by atoms with Crippen molar-refractivity contribution < 1.29 is 28.6 Å². The van der Waals surface area contributed by atoms with Gasteiger partial charge in [0.1, 0.15) is 16.5 Å². The molecule has 0 atom stereocenters. The highest BCUT2D eigenvalue weighted by Gasteiger charge is 2.26. The molecule has 3 aromatic rings. The molecular formula is C26H26Cl2N2O6S. The van der Waals surface area contributed by atoms with Gasteiger partial charge in [-0.1, -0.05) is 23.2 Å². The van der Waals surface area contributed by atoms with Crippen LogP contribution in [0.4, 0.5) is 10.7 Å². The summed E-state index contributed by atoms with van der Waals surface area (Å²) in [4.78, 5) is 38.3. The molecule has 2 amide bonds. The summed E-state index contributed by atoms with van der Waals surface area (Å²) in [5, 5.41) is 6.65. The summed E-state index contributed by atoms with van der Waals surface area (Å²) in [5.41, 5.74) is 1.12. The van der Waals surface area contributed by atoms with Crippen molar-refractivity contribution in [1.29, 1.82) is 0 Å². The van der Waals surface area contributed by atoms with Crippen LogP contribution in [0.1, 0.15) is 45.4 Å². The van der Waals surface area contributed by atoms with E-state index in [-0.39, 0.29) is 34.4 Å². The highest BCUT2D eigenvalue weighted by atomic mass is 35.5. The lowest BCUT2D eigenvalue weighted by molar-refractivity contribution is -0.116. The number of hydrogen-bond donors (Lipinski definition) is 2. The van der Waals surface area contributed by atoms with Crippen LogP contribution >= 0.6 is 34.5 Å². The number of ether oxygens (including phenoxy) is 3. The molecule has 0 unspecified atom stereocenters. The predicted molar refractivity (Wildman–Crippen MR) is 146 cm³/mol. The van der Waals surface area contributed by atoms with E-state index in [1.807, 2.05) is 6.92 Å². The number of halogens is 2. The Morgan fingerprint density at radius 2 is 1.73 bits per heavy atom. The number of amides is 2. The molecule has 1 aromatic heterocycles. The predicted octanol–water partition coefficient (Wildman–Crippen LogP) is 6.60.